The van der Waals surface area contributed by atoms with Gasteiger partial charge in [-0.1, -0.05) is 12.8 Å². The lowest BCUT2D eigenvalue weighted by Gasteiger charge is -2.33. The van der Waals surface area contributed by atoms with E-state index in [-0.39, 0.29) is 11.6 Å². The topological polar surface area (TPSA) is 78.4 Å². The van der Waals surface area contributed by atoms with Crippen LogP contribution in [0.15, 0.2) is 18.3 Å². The van der Waals surface area contributed by atoms with Crippen LogP contribution in [0.3, 0.4) is 0 Å². The van der Waals surface area contributed by atoms with Gasteiger partial charge in [0.15, 0.2) is 11.6 Å². The number of morpholine rings is 1. The lowest BCUT2D eigenvalue weighted by Crippen LogP contribution is -2.43. The number of fused-ring (bicyclic) bond motifs is 1. The maximum Gasteiger partial charge on any atom is 0.387 e. The molecule has 1 saturated heterocycles. The van der Waals surface area contributed by atoms with E-state index in [1.54, 1.807) is 6.20 Å². The second kappa shape index (κ2) is 8.51. The van der Waals surface area contributed by atoms with Gasteiger partial charge in [0, 0.05) is 42.5 Å². The zero-order chi connectivity index (χ0) is 22.5. The van der Waals surface area contributed by atoms with Crippen molar-refractivity contribution >= 4 is 5.82 Å². The second-order valence-corrected chi connectivity index (χ2v) is 9.95. The maximum atomic E-state index is 12.8. The first-order valence-corrected chi connectivity index (χ1v) is 12.2. The van der Waals surface area contributed by atoms with Crippen LogP contribution in [0, 0.1) is 11.8 Å². The van der Waals surface area contributed by atoms with Crippen LogP contribution in [0.2, 0.25) is 0 Å². The molecule has 0 bridgehead atoms. The van der Waals surface area contributed by atoms with Gasteiger partial charge in [-0.05, 0) is 49.7 Å². The molecule has 0 radical (unpaired) electrons. The summed E-state index contributed by atoms with van der Waals surface area (Å²) in [5, 5.41) is 4.98. The van der Waals surface area contributed by atoms with Crippen molar-refractivity contribution in [2.24, 2.45) is 11.8 Å². The number of ether oxygens (including phenoxy) is 2. The van der Waals surface area contributed by atoms with Gasteiger partial charge in [-0.2, -0.15) is 13.9 Å². The molecule has 178 valence electrons. The summed E-state index contributed by atoms with van der Waals surface area (Å²) in [4.78, 5) is 6.69. The number of alkyl halides is 2. The minimum Gasteiger partial charge on any atom is -0.431 e. The smallest absolute Gasteiger partial charge is 0.387 e. The van der Waals surface area contributed by atoms with Gasteiger partial charge in [0.2, 0.25) is 0 Å². The number of hydrogen-bond acceptors (Lipinski definition) is 6. The van der Waals surface area contributed by atoms with Gasteiger partial charge in [-0.3, -0.25) is 9.58 Å². The number of anilines is 1. The van der Waals surface area contributed by atoms with Crippen molar-refractivity contribution in [2.75, 3.05) is 32.0 Å². The van der Waals surface area contributed by atoms with Crippen LogP contribution in [0.1, 0.15) is 56.2 Å². The summed E-state index contributed by atoms with van der Waals surface area (Å²) in [5.74, 6) is 1.83. The summed E-state index contributed by atoms with van der Waals surface area (Å²) in [6.07, 6.45) is 8.84. The molecule has 2 aromatic rings. The zero-order valence-electron chi connectivity index (χ0n) is 18.7. The van der Waals surface area contributed by atoms with Crippen LogP contribution in [0.5, 0.6) is 5.75 Å². The molecular formula is C24H31F2N5O2. The van der Waals surface area contributed by atoms with Crippen LogP contribution in [-0.2, 0) is 4.74 Å². The van der Waals surface area contributed by atoms with E-state index in [9.17, 15) is 8.78 Å². The molecule has 3 aliphatic carbocycles. The Bertz CT molecular complexity index is 991. The van der Waals surface area contributed by atoms with Gasteiger partial charge >= 0.3 is 6.61 Å². The number of halogens is 2. The predicted molar refractivity (Wildman–Crippen MR) is 119 cm³/mol. The third kappa shape index (κ3) is 3.99. The molecular weight excluding hydrogens is 428 g/mol. The van der Waals surface area contributed by atoms with Gasteiger partial charge < -0.3 is 15.2 Å². The van der Waals surface area contributed by atoms with Gasteiger partial charge in [-0.25, -0.2) is 4.98 Å². The van der Waals surface area contributed by atoms with E-state index >= 15 is 0 Å². The molecule has 3 saturated carbocycles. The molecule has 2 unspecified atom stereocenters. The zero-order valence-corrected chi connectivity index (χ0v) is 18.7. The van der Waals surface area contributed by atoms with Crippen LogP contribution in [-0.4, -0.2) is 58.6 Å². The Kier molecular flexibility index (Phi) is 5.49. The normalized spacial score (nSPS) is 30.2. The molecule has 33 heavy (non-hydrogen) atoms. The average molecular weight is 460 g/mol. The van der Waals surface area contributed by atoms with Crippen LogP contribution in [0.4, 0.5) is 14.6 Å². The number of hydrogen-bond donors (Lipinski definition) is 1. The Hall–Kier alpha value is -2.26. The van der Waals surface area contributed by atoms with Gasteiger partial charge in [0.05, 0.1) is 24.9 Å². The first-order chi connectivity index (χ1) is 16.1. The van der Waals surface area contributed by atoms with E-state index < -0.39 is 6.61 Å². The fourth-order valence-corrected chi connectivity index (χ4v) is 6.52. The minimum atomic E-state index is -2.94. The van der Waals surface area contributed by atoms with Crippen molar-refractivity contribution in [3.8, 4) is 17.0 Å². The minimum absolute atomic E-state index is 0.0413. The summed E-state index contributed by atoms with van der Waals surface area (Å²) < 4.78 is 37.9. The van der Waals surface area contributed by atoms with E-state index in [0.717, 1.165) is 44.8 Å². The van der Waals surface area contributed by atoms with Crippen LogP contribution >= 0.6 is 0 Å². The molecule has 3 heterocycles. The SMILES string of the molecule is Nc1ncc(-c2cc(C3[C@H]4CC(N5CCOCC5)C[C@@H]34)n(C3CCCC3)n2)cc1OC(F)F. The van der Waals surface area contributed by atoms with Crippen LogP contribution < -0.4 is 10.5 Å². The Morgan fingerprint density at radius 3 is 2.48 bits per heavy atom. The Labute approximate surface area is 192 Å². The standard InChI is InChI=1S/C24H31F2N5O2/c25-24(26)33-21-9-14(13-28-23(21)27)19-12-20(31(29-19)15-3-1-2-4-15)22-17-10-16(11-18(17)22)30-5-7-32-8-6-30/h9,12-13,15-18,22,24H,1-8,10-11H2,(H2,27,28)/t16?,17-,18+,22?. The molecule has 0 spiro atoms. The number of nitrogens with zero attached hydrogens (tertiary/aromatic N) is 4. The van der Waals surface area contributed by atoms with E-state index in [4.69, 9.17) is 15.6 Å². The monoisotopic (exact) mass is 459 g/mol. The molecule has 0 amide bonds. The van der Waals surface area contributed by atoms with Crippen molar-refractivity contribution in [1.29, 1.82) is 0 Å². The number of pyridine rings is 1. The fraction of sp³-hybridized carbons (Fsp3) is 0.667. The van der Waals surface area contributed by atoms with E-state index in [2.05, 4.69) is 25.4 Å². The highest BCUT2D eigenvalue weighted by molar-refractivity contribution is 5.64. The third-order valence-electron chi connectivity index (χ3n) is 8.15. The quantitative estimate of drug-likeness (QED) is 0.702. The molecule has 2 N–H and O–H groups in total. The number of nitrogen functional groups attached to an aromatic ring is 1. The van der Waals surface area contributed by atoms with Crippen molar-refractivity contribution in [3.63, 3.8) is 0 Å². The summed E-state index contributed by atoms with van der Waals surface area (Å²) in [6, 6.07) is 4.79. The highest BCUT2D eigenvalue weighted by Gasteiger charge is 2.58. The molecule has 2 aromatic heterocycles. The number of nitrogens with two attached hydrogens (primary N) is 1. The molecule has 7 nitrogen and oxygen atoms in total. The number of rotatable bonds is 6. The van der Waals surface area contributed by atoms with E-state index in [1.165, 1.54) is 37.4 Å². The van der Waals surface area contributed by atoms with E-state index in [1.807, 2.05) is 0 Å². The summed E-state index contributed by atoms with van der Waals surface area (Å²) in [5.41, 5.74) is 8.47. The summed E-state index contributed by atoms with van der Waals surface area (Å²) >= 11 is 0. The molecule has 1 aliphatic heterocycles. The van der Waals surface area contributed by atoms with Crippen molar-refractivity contribution in [1.82, 2.24) is 19.7 Å². The van der Waals surface area contributed by atoms with Crippen molar-refractivity contribution in [3.05, 3.63) is 24.0 Å². The third-order valence-corrected chi connectivity index (χ3v) is 8.15. The largest absolute Gasteiger partial charge is 0.431 e. The highest BCUT2D eigenvalue weighted by atomic mass is 19.3. The molecule has 4 fully saturated rings. The maximum absolute atomic E-state index is 12.8. The van der Waals surface area contributed by atoms with Crippen molar-refractivity contribution in [2.45, 2.75) is 63.1 Å². The second-order valence-electron chi connectivity index (χ2n) is 9.95. The van der Waals surface area contributed by atoms with E-state index in [0.29, 0.717) is 35.4 Å². The molecule has 4 aliphatic rings. The predicted octanol–water partition coefficient (Wildman–Crippen LogP) is 4.07. The Morgan fingerprint density at radius 1 is 1.06 bits per heavy atom. The Balaban J connectivity index is 1.26. The van der Waals surface area contributed by atoms with Crippen LogP contribution in [0.25, 0.3) is 11.3 Å². The average Bonchev–Trinajstić information content (AvgIpc) is 3.32. The summed E-state index contributed by atoms with van der Waals surface area (Å²) in [6.45, 7) is 0.846. The molecule has 6 rings (SSSR count). The molecule has 4 atom stereocenters. The lowest BCUT2D eigenvalue weighted by atomic mass is 10.0. The van der Waals surface area contributed by atoms with Gasteiger partial charge in [0.1, 0.15) is 0 Å². The molecule has 0 aromatic carbocycles. The first kappa shape index (κ1) is 21.3. The Morgan fingerprint density at radius 2 is 1.79 bits per heavy atom. The lowest BCUT2D eigenvalue weighted by molar-refractivity contribution is -0.0494. The fourth-order valence-electron chi connectivity index (χ4n) is 6.52. The molecule has 9 heteroatoms. The highest BCUT2D eigenvalue weighted by Crippen LogP contribution is 2.64. The summed E-state index contributed by atoms with van der Waals surface area (Å²) in [7, 11) is 0. The van der Waals surface area contributed by atoms with Gasteiger partial charge in [0.25, 0.3) is 0 Å². The van der Waals surface area contributed by atoms with Gasteiger partial charge in [-0.15, -0.1) is 0 Å². The first-order valence-electron chi connectivity index (χ1n) is 12.2. The number of aromatic nitrogens is 3. The van der Waals surface area contributed by atoms with Crippen molar-refractivity contribution < 1.29 is 18.3 Å².